The molecule has 0 aliphatic heterocycles. The predicted octanol–water partition coefficient (Wildman–Crippen LogP) is -0.769. The van der Waals surface area contributed by atoms with E-state index < -0.39 is 0 Å². The Kier molecular flexibility index (Phi) is 163. The van der Waals surface area contributed by atoms with E-state index >= 15 is 0 Å². The van der Waals surface area contributed by atoms with Gasteiger partial charge in [-0.15, -0.1) is 0 Å². The Bertz CT molecular complexity index is 4.85. The third-order valence-corrected chi connectivity index (χ3v) is 0. The molecular formula is Cd3Sb2. The van der Waals surface area contributed by atoms with Crippen molar-refractivity contribution in [1.29, 1.82) is 0 Å². The summed E-state index contributed by atoms with van der Waals surface area (Å²) < 4.78 is 0. The van der Waals surface area contributed by atoms with Crippen LogP contribution in [0.3, 0.4) is 0 Å². The molecule has 0 saturated heterocycles. The van der Waals surface area contributed by atoms with Gasteiger partial charge in [0, 0.05) is 131 Å². The van der Waals surface area contributed by atoms with Crippen LogP contribution in [0.2, 0.25) is 0 Å². The van der Waals surface area contributed by atoms with Gasteiger partial charge in [-0.3, -0.25) is 0 Å². The van der Waals surface area contributed by atoms with Gasteiger partial charge in [-0.2, -0.15) is 0 Å². The standard InChI is InChI=1S/3Cd.2Sb. The summed E-state index contributed by atoms with van der Waals surface area (Å²) in [7, 11) is 0. The van der Waals surface area contributed by atoms with E-state index in [2.05, 4.69) is 0 Å². The molecule has 16 valence electrons. The molecule has 5 heavy (non-hydrogen) atoms. The maximum atomic E-state index is 0. The normalized spacial score (nSPS) is 0. The molecule has 6 radical (unpaired) electrons. The second kappa shape index (κ2) is 23.8. The van der Waals surface area contributed by atoms with Gasteiger partial charge in [0.05, 0.1) is 0 Å². The molecule has 0 rings (SSSR count). The fraction of sp³-hybridized carbons (Fsp3) is 0. The second-order valence-corrected chi connectivity index (χ2v) is 0. The van der Waals surface area contributed by atoms with Crippen LogP contribution in [0.4, 0.5) is 0 Å². The first-order chi connectivity index (χ1) is 0. The van der Waals surface area contributed by atoms with Crippen molar-refractivity contribution in [2.45, 2.75) is 0 Å². The minimum Gasteiger partial charge on any atom is 0 e. The fourth-order valence-electron chi connectivity index (χ4n) is 0. The molecule has 0 aromatic carbocycles. The number of rotatable bonds is 0. The van der Waals surface area contributed by atoms with Crippen LogP contribution >= 0.6 is 0 Å². The predicted molar refractivity (Wildman–Crippen MR) is 11.5 cm³/mol. The van der Waals surface area contributed by atoms with Crippen molar-refractivity contribution in [3.63, 3.8) is 0 Å². The van der Waals surface area contributed by atoms with Crippen molar-refractivity contribution < 1.29 is 81.9 Å². The van der Waals surface area contributed by atoms with Crippen LogP contribution < -0.4 is 0 Å². The van der Waals surface area contributed by atoms with Gasteiger partial charge < -0.3 is 0 Å². The average molecular weight is 581 g/mol. The summed E-state index contributed by atoms with van der Waals surface area (Å²) in [6, 6.07) is 0. The maximum absolute atomic E-state index is 0. The van der Waals surface area contributed by atoms with Crippen molar-refractivity contribution in [3.8, 4) is 0 Å². The Morgan fingerprint density at radius 2 is 0.400 bits per heavy atom. The van der Waals surface area contributed by atoms with Gasteiger partial charge >= 0.3 is 0 Å². The second-order valence-electron chi connectivity index (χ2n) is 0. The molecular weight excluding hydrogens is 581 g/mol. The molecule has 0 N–H and O–H groups in total. The van der Waals surface area contributed by atoms with E-state index in [0.717, 1.165) is 0 Å². The smallest absolute Gasteiger partial charge is 0 e. The summed E-state index contributed by atoms with van der Waals surface area (Å²) in [5.74, 6) is 0. The molecule has 0 heterocycles. The SMILES string of the molecule is [Cd].[Cd].[Cd].[Sb].[Sb]. The fourth-order valence-corrected chi connectivity index (χ4v) is 0. The van der Waals surface area contributed by atoms with Crippen molar-refractivity contribution in [1.82, 2.24) is 0 Å². The molecule has 0 fully saturated rings. The van der Waals surface area contributed by atoms with Crippen molar-refractivity contribution in [3.05, 3.63) is 0 Å². The molecule has 0 spiro atoms. The molecule has 5 heteroatoms. The van der Waals surface area contributed by atoms with E-state index in [0.29, 0.717) is 0 Å². The Labute approximate surface area is 127 Å². The van der Waals surface area contributed by atoms with E-state index in [9.17, 15) is 0 Å². The van der Waals surface area contributed by atoms with Crippen molar-refractivity contribution in [2.75, 3.05) is 0 Å². The van der Waals surface area contributed by atoms with Gasteiger partial charge in [0.25, 0.3) is 0 Å². The van der Waals surface area contributed by atoms with E-state index in [1.54, 1.807) is 0 Å². The first-order valence-electron chi connectivity index (χ1n) is 0. The van der Waals surface area contributed by atoms with E-state index in [1.807, 2.05) is 0 Å². The van der Waals surface area contributed by atoms with Crippen molar-refractivity contribution >= 4 is 48.9 Å². The number of hydrogen-bond acceptors (Lipinski definition) is 0. The van der Waals surface area contributed by atoms with Gasteiger partial charge in [-0.1, -0.05) is 0 Å². The topological polar surface area (TPSA) is 0 Å². The Hall–Kier alpha value is 4.40. The quantitative estimate of drug-likeness (QED) is 0.331. The zero-order chi connectivity index (χ0) is 0. The molecule has 0 bridgehead atoms. The summed E-state index contributed by atoms with van der Waals surface area (Å²) in [4.78, 5) is 0. The minimum atomic E-state index is 0. The third kappa shape index (κ3) is 17.8. The first kappa shape index (κ1) is 34.2. The van der Waals surface area contributed by atoms with E-state index in [4.69, 9.17) is 0 Å². The Morgan fingerprint density at radius 1 is 0.400 bits per heavy atom. The summed E-state index contributed by atoms with van der Waals surface area (Å²) in [6.07, 6.45) is 0. The molecule has 0 aromatic heterocycles. The van der Waals surface area contributed by atoms with Gasteiger partial charge in [-0.25, -0.2) is 0 Å². The molecule has 0 amide bonds. The summed E-state index contributed by atoms with van der Waals surface area (Å²) in [5.41, 5.74) is 0. The van der Waals surface area contributed by atoms with Crippen LogP contribution in [-0.2, 0) is 81.9 Å². The van der Waals surface area contributed by atoms with Gasteiger partial charge in [0.1, 0.15) is 0 Å². The average Bonchev–Trinajstić information content (AvgIpc) is 0. The molecule has 0 saturated carbocycles. The number of hydrogen-bond donors (Lipinski definition) is 0. The van der Waals surface area contributed by atoms with E-state index in [1.165, 1.54) is 0 Å². The molecule has 0 unspecified atom stereocenters. The van der Waals surface area contributed by atoms with Crippen LogP contribution in [0, 0.1) is 0 Å². The zero-order valence-corrected chi connectivity index (χ0v) is 20.2. The van der Waals surface area contributed by atoms with Crippen LogP contribution in [-0.4, -0.2) is 48.9 Å². The first-order valence-corrected chi connectivity index (χ1v) is 0. The van der Waals surface area contributed by atoms with Crippen molar-refractivity contribution in [2.24, 2.45) is 0 Å². The van der Waals surface area contributed by atoms with Crippen LogP contribution in [0.15, 0.2) is 0 Å². The minimum absolute atomic E-state index is 0. The van der Waals surface area contributed by atoms with Crippen LogP contribution in [0.5, 0.6) is 0 Å². The monoisotopic (exact) mass is 584 g/mol. The third-order valence-electron chi connectivity index (χ3n) is 0. The largest absolute Gasteiger partial charge is 0 e. The van der Waals surface area contributed by atoms with Gasteiger partial charge in [0.15, 0.2) is 0 Å². The Morgan fingerprint density at radius 3 is 0.400 bits per heavy atom. The zero-order valence-electron chi connectivity index (χ0n) is 3.02. The molecule has 0 atom stereocenters. The molecule has 0 nitrogen and oxygen atoms in total. The van der Waals surface area contributed by atoms with Crippen LogP contribution in [0.25, 0.3) is 0 Å². The summed E-state index contributed by atoms with van der Waals surface area (Å²) in [5, 5.41) is 0. The van der Waals surface area contributed by atoms with Crippen LogP contribution in [0.1, 0.15) is 0 Å². The van der Waals surface area contributed by atoms with E-state index in [-0.39, 0.29) is 131 Å². The molecule has 0 aliphatic carbocycles. The maximum Gasteiger partial charge on any atom is 0 e. The summed E-state index contributed by atoms with van der Waals surface area (Å²) >= 11 is 0. The molecule has 0 aliphatic rings. The van der Waals surface area contributed by atoms with Gasteiger partial charge in [-0.05, 0) is 0 Å². The Balaban J connectivity index is 0. The molecule has 0 aromatic rings. The summed E-state index contributed by atoms with van der Waals surface area (Å²) in [6.45, 7) is 0. The van der Waals surface area contributed by atoms with Gasteiger partial charge in [0.2, 0.25) is 0 Å².